The maximum absolute atomic E-state index is 13.2. The molecule has 0 aliphatic heterocycles. The molecule has 0 aliphatic carbocycles. The van der Waals surface area contributed by atoms with Crippen LogP contribution in [0.5, 0.6) is 11.5 Å². The number of carbonyl (C=O) groups excluding carboxylic acids is 1. The van der Waals surface area contributed by atoms with Gasteiger partial charge in [-0.1, -0.05) is 18.2 Å². The molecule has 4 aromatic rings. The molecule has 0 atom stereocenters. The highest BCUT2D eigenvalue weighted by Crippen LogP contribution is 2.29. The fraction of sp³-hybridized carbons (Fsp3) is 0.250. The third-order valence-electron chi connectivity index (χ3n) is 5.22. The van der Waals surface area contributed by atoms with Crippen molar-refractivity contribution in [1.82, 2.24) is 15.1 Å². The van der Waals surface area contributed by atoms with Crippen molar-refractivity contribution in [2.24, 2.45) is 0 Å². The number of thiophene rings is 1. The molecule has 0 unspecified atom stereocenters. The van der Waals surface area contributed by atoms with Crippen LogP contribution < -0.4 is 14.8 Å². The molecule has 0 bridgehead atoms. The first-order chi connectivity index (χ1) is 15.5. The molecule has 32 heavy (non-hydrogen) atoms. The minimum atomic E-state index is -0.265. The molecular formula is C24H24FN3O3S. The molecule has 0 fully saturated rings. The molecule has 0 saturated carbocycles. The number of rotatable bonds is 8. The normalized spacial score (nSPS) is 11.0. The Labute approximate surface area is 189 Å². The molecule has 2 heterocycles. The summed E-state index contributed by atoms with van der Waals surface area (Å²) in [5.74, 6) is 0.968. The smallest absolute Gasteiger partial charge is 0.261 e. The molecule has 0 aliphatic rings. The first-order valence-corrected chi connectivity index (χ1v) is 11.0. The number of benzene rings is 2. The van der Waals surface area contributed by atoms with Crippen LogP contribution >= 0.6 is 11.3 Å². The van der Waals surface area contributed by atoms with Gasteiger partial charge in [0.1, 0.15) is 10.6 Å². The predicted octanol–water partition coefficient (Wildman–Crippen LogP) is 4.58. The van der Waals surface area contributed by atoms with Gasteiger partial charge in [-0.25, -0.2) is 4.39 Å². The number of hydrogen-bond donors (Lipinski definition) is 1. The number of aromatic nitrogens is 2. The third kappa shape index (κ3) is 4.60. The zero-order chi connectivity index (χ0) is 22.7. The Morgan fingerprint density at radius 3 is 2.50 bits per heavy atom. The number of amides is 1. The maximum atomic E-state index is 13.2. The zero-order valence-corrected chi connectivity index (χ0v) is 19.0. The van der Waals surface area contributed by atoms with Crippen molar-refractivity contribution in [2.75, 3.05) is 20.8 Å². The van der Waals surface area contributed by atoms with Crippen LogP contribution in [0.1, 0.15) is 26.5 Å². The molecule has 0 radical (unpaired) electrons. The Morgan fingerprint density at radius 1 is 1.06 bits per heavy atom. The van der Waals surface area contributed by atoms with Gasteiger partial charge in [-0.05, 0) is 54.8 Å². The van der Waals surface area contributed by atoms with Gasteiger partial charge in [0.2, 0.25) is 0 Å². The number of ether oxygens (including phenoxy) is 2. The summed E-state index contributed by atoms with van der Waals surface area (Å²) in [7, 11) is 3.20. The molecule has 6 nitrogen and oxygen atoms in total. The first-order valence-electron chi connectivity index (χ1n) is 10.2. The standard InChI is InChI=1S/C24H24FN3O3S/c1-15-19-13-22(32-24(19)28(27-15)14-17-4-7-18(25)8-5-17)23(29)26-11-10-16-6-9-20(30-2)21(12-16)31-3/h4-9,12-13H,10-11,14H2,1-3H3,(H,26,29). The van der Waals surface area contributed by atoms with E-state index in [1.807, 2.05) is 35.9 Å². The molecule has 1 amide bonds. The second-order valence-corrected chi connectivity index (χ2v) is 8.42. The highest BCUT2D eigenvalue weighted by Gasteiger charge is 2.16. The fourth-order valence-electron chi connectivity index (χ4n) is 3.54. The SMILES string of the molecule is COc1ccc(CCNC(=O)c2cc3c(C)nn(Cc4ccc(F)cc4)c3s2)cc1OC. The van der Waals surface area contributed by atoms with Crippen LogP contribution in [0.15, 0.2) is 48.5 Å². The molecule has 1 N–H and O–H groups in total. The molecule has 2 aromatic carbocycles. The van der Waals surface area contributed by atoms with E-state index in [2.05, 4.69) is 10.4 Å². The van der Waals surface area contributed by atoms with Crippen LogP contribution in [0.4, 0.5) is 4.39 Å². The summed E-state index contributed by atoms with van der Waals surface area (Å²) >= 11 is 1.41. The van der Waals surface area contributed by atoms with Gasteiger partial charge in [0.15, 0.2) is 11.5 Å². The lowest BCUT2D eigenvalue weighted by Crippen LogP contribution is -2.24. The minimum absolute atomic E-state index is 0.112. The second-order valence-electron chi connectivity index (χ2n) is 7.39. The predicted molar refractivity (Wildman–Crippen MR) is 123 cm³/mol. The number of fused-ring (bicyclic) bond motifs is 1. The first kappa shape index (κ1) is 21.8. The molecule has 0 spiro atoms. The van der Waals surface area contributed by atoms with Crippen LogP contribution in [-0.4, -0.2) is 36.5 Å². The Hall–Kier alpha value is -3.39. The minimum Gasteiger partial charge on any atom is -0.493 e. The number of methoxy groups -OCH3 is 2. The quantitative estimate of drug-likeness (QED) is 0.424. The van der Waals surface area contributed by atoms with Crippen molar-refractivity contribution >= 4 is 27.5 Å². The molecular weight excluding hydrogens is 429 g/mol. The van der Waals surface area contributed by atoms with Crippen molar-refractivity contribution in [3.05, 3.63) is 76.0 Å². The van der Waals surface area contributed by atoms with Gasteiger partial charge >= 0.3 is 0 Å². The van der Waals surface area contributed by atoms with E-state index in [1.54, 1.807) is 26.4 Å². The molecule has 4 rings (SSSR count). The maximum Gasteiger partial charge on any atom is 0.261 e. The van der Waals surface area contributed by atoms with Gasteiger partial charge in [0, 0.05) is 11.9 Å². The van der Waals surface area contributed by atoms with E-state index >= 15 is 0 Å². The number of hydrogen-bond acceptors (Lipinski definition) is 5. The van der Waals surface area contributed by atoms with E-state index in [4.69, 9.17) is 9.47 Å². The second kappa shape index (κ2) is 9.40. The number of nitrogens with one attached hydrogen (secondary N) is 1. The summed E-state index contributed by atoms with van der Waals surface area (Å²) in [5, 5.41) is 8.53. The van der Waals surface area contributed by atoms with E-state index in [-0.39, 0.29) is 11.7 Å². The van der Waals surface area contributed by atoms with Crippen LogP contribution in [0.25, 0.3) is 10.2 Å². The molecule has 166 valence electrons. The van der Waals surface area contributed by atoms with Gasteiger partial charge in [0.25, 0.3) is 5.91 Å². The van der Waals surface area contributed by atoms with Crippen LogP contribution in [0.2, 0.25) is 0 Å². The summed E-state index contributed by atoms with van der Waals surface area (Å²) in [6, 6.07) is 14.0. The molecule has 0 saturated heterocycles. The lowest BCUT2D eigenvalue weighted by Gasteiger charge is -2.10. The van der Waals surface area contributed by atoms with Crippen molar-refractivity contribution in [3.8, 4) is 11.5 Å². The third-order valence-corrected chi connectivity index (χ3v) is 6.37. The highest BCUT2D eigenvalue weighted by atomic mass is 32.1. The Morgan fingerprint density at radius 2 is 1.78 bits per heavy atom. The summed E-state index contributed by atoms with van der Waals surface area (Å²) in [5.41, 5.74) is 2.86. The number of halogens is 1. The molecule has 8 heteroatoms. The van der Waals surface area contributed by atoms with Crippen LogP contribution in [0.3, 0.4) is 0 Å². The Kier molecular flexibility index (Phi) is 6.41. The van der Waals surface area contributed by atoms with Gasteiger partial charge in [0.05, 0.1) is 31.3 Å². The largest absolute Gasteiger partial charge is 0.493 e. The van der Waals surface area contributed by atoms with Gasteiger partial charge in [-0.15, -0.1) is 11.3 Å². The monoisotopic (exact) mass is 453 g/mol. The summed E-state index contributed by atoms with van der Waals surface area (Å²) in [4.78, 5) is 14.3. The average Bonchev–Trinajstić information content (AvgIpc) is 3.36. The van der Waals surface area contributed by atoms with E-state index < -0.39 is 0 Å². The van der Waals surface area contributed by atoms with Crippen LogP contribution in [0, 0.1) is 12.7 Å². The number of carbonyl (C=O) groups is 1. The van der Waals surface area contributed by atoms with E-state index in [0.717, 1.165) is 27.0 Å². The average molecular weight is 454 g/mol. The van der Waals surface area contributed by atoms with E-state index in [0.29, 0.717) is 35.9 Å². The van der Waals surface area contributed by atoms with Crippen molar-refractivity contribution < 1.29 is 18.7 Å². The van der Waals surface area contributed by atoms with E-state index in [9.17, 15) is 9.18 Å². The van der Waals surface area contributed by atoms with Gasteiger partial charge < -0.3 is 14.8 Å². The summed E-state index contributed by atoms with van der Waals surface area (Å²) in [6.45, 7) is 2.95. The zero-order valence-electron chi connectivity index (χ0n) is 18.1. The Bertz CT molecular complexity index is 1250. The van der Waals surface area contributed by atoms with Crippen molar-refractivity contribution in [2.45, 2.75) is 19.9 Å². The summed E-state index contributed by atoms with van der Waals surface area (Å²) in [6.07, 6.45) is 0.675. The Balaban J connectivity index is 1.43. The lowest BCUT2D eigenvalue weighted by atomic mass is 10.1. The fourth-order valence-corrected chi connectivity index (χ4v) is 4.62. The lowest BCUT2D eigenvalue weighted by molar-refractivity contribution is 0.0958. The number of aryl methyl sites for hydroxylation is 1. The highest BCUT2D eigenvalue weighted by molar-refractivity contribution is 7.20. The summed E-state index contributed by atoms with van der Waals surface area (Å²) < 4.78 is 25.6. The molecule has 2 aromatic heterocycles. The van der Waals surface area contributed by atoms with Gasteiger partial charge in [-0.2, -0.15) is 5.10 Å². The topological polar surface area (TPSA) is 65.4 Å². The van der Waals surface area contributed by atoms with E-state index in [1.165, 1.54) is 23.5 Å². The van der Waals surface area contributed by atoms with Crippen molar-refractivity contribution in [3.63, 3.8) is 0 Å². The number of nitrogens with zero attached hydrogens (tertiary/aromatic N) is 2. The van der Waals surface area contributed by atoms with Crippen molar-refractivity contribution in [1.29, 1.82) is 0 Å². The van der Waals surface area contributed by atoms with Gasteiger partial charge in [-0.3, -0.25) is 9.48 Å². The van der Waals surface area contributed by atoms with Crippen LogP contribution in [-0.2, 0) is 13.0 Å².